The summed E-state index contributed by atoms with van der Waals surface area (Å²) in [5, 5.41) is 8.88. The third-order valence-corrected chi connectivity index (χ3v) is 3.93. The molecule has 0 atom stereocenters. The molecule has 0 unspecified atom stereocenters. The van der Waals surface area contributed by atoms with E-state index in [9.17, 15) is 4.79 Å². The summed E-state index contributed by atoms with van der Waals surface area (Å²) < 4.78 is 5.36. The fourth-order valence-corrected chi connectivity index (χ4v) is 2.61. The van der Waals surface area contributed by atoms with Crippen molar-refractivity contribution < 1.29 is 9.53 Å². The minimum absolute atomic E-state index is 0.0208. The normalized spacial score (nSPS) is 9.96. The minimum atomic E-state index is -0.0208. The molecule has 25 heavy (non-hydrogen) atoms. The smallest absolute Gasteiger partial charge is 0.242 e. The fourth-order valence-electron chi connectivity index (χ4n) is 2.61. The van der Waals surface area contributed by atoms with Crippen molar-refractivity contribution in [2.24, 2.45) is 0 Å². The minimum Gasteiger partial charge on any atom is -0.495 e. The molecule has 0 bridgehead atoms. The van der Waals surface area contributed by atoms with Gasteiger partial charge in [-0.1, -0.05) is 42.5 Å². The molecule has 0 radical (unpaired) electrons. The number of para-hydroxylation sites is 2. The third kappa shape index (κ3) is 5.25. The Labute approximate surface area is 149 Å². The van der Waals surface area contributed by atoms with Crippen LogP contribution in [0.1, 0.15) is 12.0 Å². The van der Waals surface area contributed by atoms with Crippen LogP contribution >= 0.6 is 0 Å². The van der Waals surface area contributed by atoms with Gasteiger partial charge in [-0.2, -0.15) is 5.26 Å². The number of carbonyl (C=O) groups is 1. The van der Waals surface area contributed by atoms with Crippen molar-refractivity contribution in [1.82, 2.24) is 4.90 Å². The summed E-state index contributed by atoms with van der Waals surface area (Å²) in [4.78, 5) is 16.4. The number of amides is 1. The van der Waals surface area contributed by atoms with E-state index in [1.807, 2.05) is 66.5 Å². The monoisotopic (exact) mass is 337 g/mol. The van der Waals surface area contributed by atoms with Crippen molar-refractivity contribution in [2.45, 2.75) is 13.0 Å². The van der Waals surface area contributed by atoms with Crippen molar-refractivity contribution in [3.8, 4) is 11.8 Å². The van der Waals surface area contributed by atoms with Crippen LogP contribution < -0.4 is 9.64 Å². The second kappa shape index (κ2) is 9.33. The van der Waals surface area contributed by atoms with Gasteiger partial charge < -0.3 is 14.5 Å². The van der Waals surface area contributed by atoms with Crippen LogP contribution in [0.3, 0.4) is 0 Å². The van der Waals surface area contributed by atoms with E-state index in [0.29, 0.717) is 19.5 Å². The van der Waals surface area contributed by atoms with Gasteiger partial charge in [0.05, 0.1) is 31.8 Å². The van der Waals surface area contributed by atoms with Crippen LogP contribution in [0.15, 0.2) is 54.6 Å². The molecule has 0 saturated carbocycles. The van der Waals surface area contributed by atoms with E-state index >= 15 is 0 Å². The molecule has 0 heterocycles. The molecule has 0 N–H and O–H groups in total. The number of carbonyl (C=O) groups excluding carboxylic acids is 1. The zero-order valence-electron chi connectivity index (χ0n) is 14.7. The number of hydrogen-bond acceptors (Lipinski definition) is 4. The summed E-state index contributed by atoms with van der Waals surface area (Å²) in [6.07, 6.45) is 0.316. The van der Waals surface area contributed by atoms with Crippen LogP contribution in [-0.2, 0) is 11.3 Å². The number of nitrogens with zero attached hydrogens (tertiary/aromatic N) is 3. The average molecular weight is 337 g/mol. The van der Waals surface area contributed by atoms with E-state index in [0.717, 1.165) is 17.0 Å². The number of likely N-dealkylation sites (N-methyl/N-ethyl adjacent to an activating group) is 1. The molecule has 0 aromatic heterocycles. The predicted molar refractivity (Wildman–Crippen MR) is 98.4 cm³/mol. The molecule has 5 heteroatoms. The van der Waals surface area contributed by atoms with Crippen molar-refractivity contribution in [3.63, 3.8) is 0 Å². The highest BCUT2D eigenvalue weighted by Gasteiger charge is 2.17. The second-order valence-electron chi connectivity index (χ2n) is 5.74. The highest BCUT2D eigenvalue weighted by molar-refractivity contribution is 5.82. The Morgan fingerprint density at radius 1 is 1.12 bits per heavy atom. The Hall–Kier alpha value is -3.00. The first-order valence-electron chi connectivity index (χ1n) is 8.18. The van der Waals surface area contributed by atoms with Gasteiger partial charge in [-0.3, -0.25) is 4.79 Å². The van der Waals surface area contributed by atoms with Crippen LogP contribution in [-0.4, -0.2) is 38.1 Å². The first-order valence-corrected chi connectivity index (χ1v) is 8.18. The third-order valence-electron chi connectivity index (χ3n) is 3.93. The van der Waals surface area contributed by atoms with Crippen LogP contribution in [0.5, 0.6) is 5.75 Å². The number of rotatable bonds is 8. The highest BCUT2D eigenvalue weighted by Crippen LogP contribution is 2.26. The van der Waals surface area contributed by atoms with E-state index < -0.39 is 0 Å². The maximum absolute atomic E-state index is 12.8. The summed E-state index contributed by atoms with van der Waals surface area (Å²) >= 11 is 0. The quantitative estimate of drug-likeness (QED) is 0.743. The zero-order valence-corrected chi connectivity index (χ0v) is 14.7. The first kappa shape index (κ1) is 18.3. The zero-order chi connectivity index (χ0) is 18.1. The van der Waals surface area contributed by atoms with Crippen molar-refractivity contribution in [3.05, 3.63) is 60.2 Å². The van der Waals surface area contributed by atoms with Gasteiger partial charge in [0.1, 0.15) is 5.75 Å². The standard InChI is InChI=1S/C20H23N3O2/c1-22(18-11-6-7-12-19(18)25-2)16-20(24)23(14-8-13-21)15-17-9-4-3-5-10-17/h3-7,9-12H,8,14-16H2,1-2H3. The summed E-state index contributed by atoms with van der Waals surface area (Å²) in [7, 11) is 3.48. The molecule has 0 spiro atoms. The molecule has 130 valence electrons. The molecular weight excluding hydrogens is 314 g/mol. The summed E-state index contributed by atoms with van der Waals surface area (Å²) in [5.74, 6) is 0.706. The van der Waals surface area contributed by atoms with Gasteiger partial charge in [-0.25, -0.2) is 0 Å². The lowest BCUT2D eigenvalue weighted by Crippen LogP contribution is -2.39. The highest BCUT2D eigenvalue weighted by atomic mass is 16.5. The maximum Gasteiger partial charge on any atom is 0.242 e. The summed E-state index contributed by atoms with van der Waals surface area (Å²) in [5.41, 5.74) is 1.91. The first-order chi connectivity index (χ1) is 12.2. The van der Waals surface area contributed by atoms with Gasteiger partial charge in [0.25, 0.3) is 0 Å². The number of methoxy groups -OCH3 is 1. The molecule has 2 rings (SSSR count). The van der Waals surface area contributed by atoms with Gasteiger partial charge in [0.2, 0.25) is 5.91 Å². The van der Waals surface area contributed by atoms with Gasteiger partial charge >= 0.3 is 0 Å². The molecule has 0 aliphatic heterocycles. The predicted octanol–water partition coefficient (Wildman–Crippen LogP) is 3.07. The van der Waals surface area contributed by atoms with Crippen LogP contribution in [0.2, 0.25) is 0 Å². The van der Waals surface area contributed by atoms with E-state index in [-0.39, 0.29) is 12.5 Å². The number of benzene rings is 2. The van der Waals surface area contributed by atoms with Gasteiger partial charge in [-0.15, -0.1) is 0 Å². The molecule has 0 saturated heterocycles. The van der Waals surface area contributed by atoms with Gasteiger partial charge in [0.15, 0.2) is 0 Å². The van der Waals surface area contributed by atoms with Gasteiger partial charge in [-0.05, 0) is 17.7 Å². The Kier molecular flexibility index (Phi) is 6.85. The van der Waals surface area contributed by atoms with Crippen LogP contribution in [0.4, 0.5) is 5.69 Å². The number of anilines is 1. The summed E-state index contributed by atoms with van der Waals surface area (Å²) in [6.45, 7) is 1.14. The molecule has 2 aromatic rings. The van der Waals surface area contributed by atoms with E-state index in [1.165, 1.54) is 0 Å². The van der Waals surface area contributed by atoms with Crippen molar-refractivity contribution in [2.75, 3.05) is 32.1 Å². The van der Waals surface area contributed by atoms with E-state index in [2.05, 4.69) is 6.07 Å². The van der Waals surface area contributed by atoms with Crippen LogP contribution in [0, 0.1) is 11.3 Å². The Bertz CT molecular complexity index is 725. The fraction of sp³-hybridized carbons (Fsp3) is 0.300. The van der Waals surface area contributed by atoms with Crippen molar-refractivity contribution >= 4 is 11.6 Å². The molecular formula is C20H23N3O2. The average Bonchev–Trinajstić information content (AvgIpc) is 2.65. The van der Waals surface area contributed by atoms with E-state index in [1.54, 1.807) is 12.0 Å². The van der Waals surface area contributed by atoms with E-state index in [4.69, 9.17) is 10.00 Å². The lowest BCUT2D eigenvalue weighted by Gasteiger charge is -2.27. The van der Waals surface area contributed by atoms with Crippen molar-refractivity contribution in [1.29, 1.82) is 5.26 Å². The molecule has 5 nitrogen and oxygen atoms in total. The largest absolute Gasteiger partial charge is 0.495 e. The number of hydrogen-bond donors (Lipinski definition) is 0. The summed E-state index contributed by atoms with van der Waals surface area (Å²) in [6, 6.07) is 19.5. The Balaban J connectivity index is 2.09. The van der Waals surface area contributed by atoms with Gasteiger partial charge in [0, 0.05) is 20.1 Å². The number of ether oxygens (including phenoxy) is 1. The SMILES string of the molecule is COc1ccccc1N(C)CC(=O)N(CCC#N)Cc1ccccc1. The second-order valence-corrected chi connectivity index (χ2v) is 5.74. The number of nitriles is 1. The maximum atomic E-state index is 12.8. The topological polar surface area (TPSA) is 56.6 Å². The Morgan fingerprint density at radius 3 is 2.48 bits per heavy atom. The molecule has 0 fully saturated rings. The molecule has 0 aliphatic rings. The molecule has 2 aromatic carbocycles. The molecule has 1 amide bonds. The Morgan fingerprint density at radius 2 is 1.80 bits per heavy atom. The molecule has 0 aliphatic carbocycles. The van der Waals surface area contributed by atoms with Crippen LogP contribution in [0.25, 0.3) is 0 Å². The lowest BCUT2D eigenvalue weighted by molar-refractivity contribution is -0.130. The lowest BCUT2D eigenvalue weighted by atomic mass is 10.2.